The lowest BCUT2D eigenvalue weighted by Crippen LogP contribution is -2.38. The first kappa shape index (κ1) is 21.3. The molecular weight excluding hydrogens is 388 g/mol. The van der Waals surface area contributed by atoms with Gasteiger partial charge in [0.1, 0.15) is 5.75 Å². The second kappa shape index (κ2) is 9.41. The number of piperidine rings is 1. The zero-order valence-corrected chi connectivity index (χ0v) is 17.7. The maximum absolute atomic E-state index is 12.9. The van der Waals surface area contributed by atoms with Crippen molar-refractivity contribution in [3.63, 3.8) is 0 Å². The van der Waals surface area contributed by atoms with Gasteiger partial charge < -0.3 is 10.1 Å². The fourth-order valence-corrected chi connectivity index (χ4v) is 4.88. The van der Waals surface area contributed by atoms with Crippen molar-refractivity contribution in [2.75, 3.05) is 19.7 Å². The van der Waals surface area contributed by atoms with Crippen LogP contribution < -0.4 is 10.1 Å². The van der Waals surface area contributed by atoms with Gasteiger partial charge in [0.25, 0.3) is 5.91 Å². The van der Waals surface area contributed by atoms with E-state index in [1.165, 1.54) is 10.4 Å². The van der Waals surface area contributed by atoms with Gasteiger partial charge in [0.2, 0.25) is 10.0 Å². The van der Waals surface area contributed by atoms with Crippen molar-refractivity contribution in [2.24, 2.45) is 5.92 Å². The number of hydrogen-bond donors (Lipinski definition) is 1. The van der Waals surface area contributed by atoms with Crippen LogP contribution in [-0.4, -0.2) is 38.3 Å². The van der Waals surface area contributed by atoms with Crippen LogP contribution in [0.5, 0.6) is 5.75 Å². The van der Waals surface area contributed by atoms with Crippen molar-refractivity contribution in [3.05, 3.63) is 59.7 Å². The van der Waals surface area contributed by atoms with E-state index in [1.807, 2.05) is 31.2 Å². The summed E-state index contributed by atoms with van der Waals surface area (Å²) in [5, 5.41) is 2.85. The molecule has 0 radical (unpaired) electrons. The lowest BCUT2D eigenvalue weighted by molar-refractivity contribution is 0.0950. The zero-order valence-electron chi connectivity index (χ0n) is 16.9. The number of sulfonamides is 1. The van der Waals surface area contributed by atoms with E-state index in [4.69, 9.17) is 4.74 Å². The van der Waals surface area contributed by atoms with E-state index in [2.05, 4.69) is 12.2 Å². The Morgan fingerprint density at radius 3 is 2.59 bits per heavy atom. The molecule has 0 unspecified atom stereocenters. The Morgan fingerprint density at radius 1 is 1.14 bits per heavy atom. The monoisotopic (exact) mass is 416 g/mol. The van der Waals surface area contributed by atoms with E-state index in [1.54, 1.807) is 18.2 Å². The topological polar surface area (TPSA) is 75.7 Å². The molecule has 2 aromatic carbocycles. The highest BCUT2D eigenvalue weighted by atomic mass is 32.2. The van der Waals surface area contributed by atoms with Crippen LogP contribution in [-0.2, 0) is 16.6 Å². The molecule has 1 saturated heterocycles. The average Bonchev–Trinajstić information content (AvgIpc) is 2.73. The van der Waals surface area contributed by atoms with Crippen LogP contribution in [0.15, 0.2) is 53.4 Å². The first-order valence-corrected chi connectivity index (χ1v) is 11.4. The number of ether oxygens (including phenoxy) is 1. The quantitative estimate of drug-likeness (QED) is 0.750. The van der Waals surface area contributed by atoms with Crippen LogP contribution in [0.4, 0.5) is 0 Å². The van der Waals surface area contributed by atoms with Gasteiger partial charge in [-0.3, -0.25) is 4.79 Å². The standard InChI is InChI=1S/C22H28N2O4S/c1-3-28-20-8-4-6-18(14-20)16-23-22(25)19-7-5-9-21(15-19)29(26,27)24-12-10-17(2)11-13-24/h4-9,14-15,17H,3,10-13,16H2,1-2H3,(H,23,25). The van der Waals surface area contributed by atoms with E-state index in [0.29, 0.717) is 37.7 Å². The van der Waals surface area contributed by atoms with E-state index in [9.17, 15) is 13.2 Å². The molecule has 0 saturated carbocycles. The SMILES string of the molecule is CCOc1cccc(CNC(=O)c2cccc(S(=O)(=O)N3CCC(C)CC3)c2)c1. The lowest BCUT2D eigenvalue weighted by Gasteiger charge is -2.29. The van der Waals surface area contributed by atoms with Crippen molar-refractivity contribution in [1.29, 1.82) is 0 Å². The maximum Gasteiger partial charge on any atom is 0.251 e. The number of carbonyl (C=O) groups excluding carboxylic acids is 1. The van der Waals surface area contributed by atoms with Crippen LogP contribution in [0.2, 0.25) is 0 Å². The van der Waals surface area contributed by atoms with Gasteiger partial charge in [0, 0.05) is 25.2 Å². The van der Waals surface area contributed by atoms with Gasteiger partial charge in [-0.25, -0.2) is 8.42 Å². The summed E-state index contributed by atoms with van der Waals surface area (Å²) in [4.78, 5) is 12.7. The molecule has 29 heavy (non-hydrogen) atoms. The van der Waals surface area contributed by atoms with Crippen molar-refractivity contribution >= 4 is 15.9 Å². The summed E-state index contributed by atoms with van der Waals surface area (Å²) in [6, 6.07) is 13.8. The number of rotatable bonds is 7. The minimum Gasteiger partial charge on any atom is -0.494 e. The van der Waals surface area contributed by atoms with E-state index in [-0.39, 0.29) is 10.8 Å². The predicted molar refractivity (Wildman–Crippen MR) is 112 cm³/mol. The summed E-state index contributed by atoms with van der Waals surface area (Å²) >= 11 is 0. The Kier molecular flexibility index (Phi) is 6.92. The van der Waals surface area contributed by atoms with Gasteiger partial charge in [-0.1, -0.05) is 25.1 Å². The summed E-state index contributed by atoms with van der Waals surface area (Å²) in [7, 11) is -3.58. The second-order valence-corrected chi connectivity index (χ2v) is 9.32. The summed E-state index contributed by atoms with van der Waals surface area (Å²) in [6.07, 6.45) is 1.72. The summed E-state index contributed by atoms with van der Waals surface area (Å²) in [5.41, 5.74) is 1.24. The Morgan fingerprint density at radius 2 is 1.86 bits per heavy atom. The third-order valence-electron chi connectivity index (χ3n) is 5.14. The van der Waals surface area contributed by atoms with Gasteiger partial charge in [0.15, 0.2) is 0 Å². The molecule has 1 aliphatic rings. The Hall–Kier alpha value is -2.38. The highest BCUT2D eigenvalue weighted by molar-refractivity contribution is 7.89. The van der Waals surface area contributed by atoms with Gasteiger partial charge in [0.05, 0.1) is 11.5 Å². The predicted octanol–water partition coefficient (Wildman–Crippen LogP) is 3.44. The molecule has 1 amide bonds. The van der Waals surface area contributed by atoms with E-state index in [0.717, 1.165) is 24.2 Å². The van der Waals surface area contributed by atoms with Gasteiger partial charge in [-0.2, -0.15) is 4.31 Å². The van der Waals surface area contributed by atoms with Crippen molar-refractivity contribution in [2.45, 2.75) is 38.1 Å². The number of benzene rings is 2. The minimum absolute atomic E-state index is 0.165. The average molecular weight is 417 g/mol. The fraction of sp³-hybridized carbons (Fsp3) is 0.409. The molecule has 0 atom stereocenters. The van der Waals surface area contributed by atoms with Crippen LogP contribution in [0.25, 0.3) is 0 Å². The Bertz CT molecular complexity index is 951. The molecule has 1 N–H and O–H groups in total. The van der Waals surface area contributed by atoms with E-state index < -0.39 is 10.0 Å². The smallest absolute Gasteiger partial charge is 0.251 e. The van der Waals surface area contributed by atoms with Crippen molar-refractivity contribution in [3.8, 4) is 5.75 Å². The maximum atomic E-state index is 12.9. The normalized spacial score (nSPS) is 15.8. The summed E-state index contributed by atoms with van der Waals surface area (Å²) < 4.78 is 32.8. The molecule has 2 aromatic rings. The van der Waals surface area contributed by atoms with Crippen molar-refractivity contribution < 1.29 is 17.9 Å². The molecule has 6 nitrogen and oxygen atoms in total. The van der Waals surface area contributed by atoms with Gasteiger partial charge in [-0.15, -0.1) is 0 Å². The molecule has 7 heteroatoms. The number of nitrogens with zero attached hydrogens (tertiary/aromatic N) is 1. The molecule has 1 aliphatic heterocycles. The molecule has 156 valence electrons. The third kappa shape index (κ3) is 5.36. The minimum atomic E-state index is -3.58. The Balaban J connectivity index is 1.68. The first-order chi connectivity index (χ1) is 13.9. The van der Waals surface area contributed by atoms with Crippen LogP contribution >= 0.6 is 0 Å². The van der Waals surface area contributed by atoms with Crippen LogP contribution in [0.3, 0.4) is 0 Å². The summed E-state index contributed by atoms with van der Waals surface area (Å²) in [5.74, 6) is 0.985. The molecule has 1 fully saturated rings. The Labute approximate surface area is 172 Å². The third-order valence-corrected chi connectivity index (χ3v) is 7.03. The van der Waals surface area contributed by atoms with Crippen molar-refractivity contribution in [1.82, 2.24) is 9.62 Å². The largest absolute Gasteiger partial charge is 0.494 e. The van der Waals surface area contributed by atoms with Crippen LogP contribution in [0, 0.1) is 5.92 Å². The molecule has 0 bridgehead atoms. The fourth-order valence-electron chi connectivity index (χ4n) is 3.37. The van der Waals surface area contributed by atoms with E-state index >= 15 is 0 Å². The zero-order chi connectivity index (χ0) is 20.9. The molecule has 0 aliphatic carbocycles. The summed E-state index contributed by atoms with van der Waals surface area (Å²) in [6.45, 7) is 6.01. The van der Waals surface area contributed by atoms with Gasteiger partial charge in [-0.05, 0) is 61.6 Å². The molecule has 0 aromatic heterocycles. The number of carbonyl (C=O) groups is 1. The first-order valence-electron chi connectivity index (χ1n) is 10.0. The molecule has 1 heterocycles. The number of nitrogens with one attached hydrogen (secondary N) is 1. The van der Waals surface area contributed by atoms with Gasteiger partial charge >= 0.3 is 0 Å². The number of amides is 1. The number of hydrogen-bond acceptors (Lipinski definition) is 4. The van der Waals surface area contributed by atoms with Crippen LogP contribution in [0.1, 0.15) is 42.6 Å². The molecular formula is C22H28N2O4S. The highest BCUT2D eigenvalue weighted by Crippen LogP contribution is 2.24. The molecule has 0 spiro atoms. The lowest BCUT2D eigenvalue weighted by atomic mass is 10.0. The second-order valence-electron chi connectivity index (χ2n) is 7.38. The highest BCUT2D eigenvalue weighted by Gasteiger charge is 2.28. The molecule has 3 rings (SSSR count).